The number of benzene rings is 1. The van der Waals surface area contributed by atoms with E-state index in [0.29, 0.717) is 69.2 Å². The zero-order valence-corrected chi connectivity index (χ0v) is 15.3. The molecule has 142 valence electrons. The summed E-state index contributed by atoms with van der Waals surface area (Å²) in [5, 5.41) is 0. The Hall–Kier alpha value is -1.68. The van der Waals surface area contributed by atoms with E-state index in [1.165, 1.54) is 8.61 Å². The first-order valence-corrected chi connectivity index (χ1v) is 10.2. The van der Waals surface area contributed by atoms with Gasteiger partial charge < -0.3 is 15.2 Å². The van der Waals surface area contributed by atoms with Crippen molar-refractivity contribution in [2.75, 3.05) is 45.1 Å². The molecule has 0 radical (unpaired) electrons. The topological polar surface area (TPSA) is 102 Å². The molecule has 8 nitrogen and oxygen atoms in total. The van der Waals surface area contributed by atoms with Crippen LogP contribution in [0.15, 0.2) is 18.2 Å². The van der Waals surface area contributed by atoms with Crippen molar-refractivity contribution in [1.29, 1.82) is 0 Å². The third-order valence-electron chi connectivity index (χ3n) is 5.37. The van der Waals surface area contributed by atoms with Gasteiger partial charge in [0.05, 0.1) is 25.2 Å². The van der Waals surface area contributed by atoms with Crippen LogP contribution in [0.1, 0.15) is 29.6 Å². The summed E-state index contributed by atoms with van der Waals surface area (Å²) in [6, 6.07) is 5.08. The molecule has 4 rings (SSSR count). The Morgan fingerprint density at radius 2 is 1.69 bits per heavy atom. The molecule has 2 saturated heterocycles. The summed E-state index contributed by atoms with van der Waals surface area (Å²) in [6.45, 7) is 2.30. The molecule has 1 aromatic carbocycles. The number of carbonyl (C=O) groups is 1. The maximum absolute atomic E-state index is 12.8. The summed E-state index contributed by atoms with van der Waals surface area (Å²) in [7, 11) is -3.49. The Bertz CT molecular complexity index is 812. The van der Waals surface area contributed by atoms with Gasteiger partial charge in [0.15, 0.2) is 5.78 Å². The zero-order valence-electron chi connectivity index (χ0n) is 14.5. The summed E-state index contributed by atoms with van der Waals surface area (Å²) in [6.07, 6.45) is 1.24. The van der Waals surface area contributed by atoms with Crippen LogP contribution in [-0.2, 0) is 14.9 Å². The lowest BCUT2D eigenvalue weighted by Crippen LogP contribution is -2.56. The third kappa shape index (κ3) is 3.09. The van der Waals surface area contributed by atoms with Gasteiger partial charge in [-0.15, -0.1) is 0 Å². The fourth-order valence-corrected chi connectivity index (χ4v) is 5.44. The molecule has 0 saturated carbocycles. The second kappa shape index (κ2) is 6.49. The van der Waals surface area contributed by atoms with Gasteiger partial charge in [-0.1, -0.05) is 0 Å². The van der Waals surface area contributed by atoms with Crippen LogP contribution in [0.2, 0.25) is 0 Å². The van der Waals surface area contributed by atoms with Crippen LogP contribution in [0.25, 0.3) is 0 Å². The molecule has 0 bridgehead atoms. The molecular formula is C17H23N3O5S. The molecule has 26 heavy (non-hydrogen) atoms. The number of nitrogens with two attached hydrogens (primary N) is 1. The number of nitrogens with zero attached hydrogens (tertiary/aromatic N) is 2. The average Bonchev–Trinajstić information content (AvgIpc) is 2.64. The number of hydrogen-bond donors (Lipinski definition) is 1. The number of piperidine rings is 1. The normalized spacial score (nSPS) is 24.2. The Labute approximate surface area is 153 Å². The largest absolute Gasteiger partial charge is 0.486 e. The second-order valence-corrected chi connectivity index (χ2v) is 8.99. The van der Waals surface area contributed by atoms with Gasteiger partial charge in [0, 0.05) is 44.7 Å². The van der Waals surface area contributed by atoms with Crippen LogP contribution >= 0.6 is 0 Å². The van der Waals surface area contributed by atoms with Crippen molar-refractivity contribution in [2.45, 2.75) is 24.9 Å². The molecule has 3 heterocycles. The molecule has 0 aliphatic carbocycles. The molecule has 0 amide bonds. The van der Waals surface area contributed by atoms with Crippen molar-refractivity contribution >= 4 is 21.7 Å². The summed E-state index contributed by atoms with van der Waals surface area (Å²) in [5.41, 5.74) is 6.17. The van der Waals surface area contributed by atoms with Crippen LogP contribution in [0.3, 0.4) is 0 Å². The molecular weight excluding hydrogens is 358 g/mol. The molecule has 9 heteroatoms. The number of ether oxygens (including phenoxy) is 2. The van der Waals surface area contributed by atoms with Crippen molar-refractivity contribution in [3.63, 3.8) is 0 Å². The smallest absolute Gasteiger partial charge is 0.282 e. The highest BCUT2D eigenvalue weighted by atomic mass is 32.2. The lowest BCUT2D eigenvalue weighted by Gasteiger charge is -2.44. The predicted molar refractivity (Wildman–Crippen MR) is 95.3 cm³/mol. The molecule has 0 aromatic heterocycles. The standard InChI is InChI=1S/C17H23N3O5S/c18-13-1-2-16-14(11-13)15(21)12-17(25-16)3-5-19(6-4-17)26(22,23)20-7-9-24-10-8-20/h1-2,11H,3-10,12,18H2. The van der Waals surface area contributed by atoms with Crippen molar-refractivity contribution in [1.82, 2.24) is 8.61 Å². The molecule has 2 fully saturated rings. The number of nitrogen functional groups attached to an aromatic ring is 1. The van der Waals surface area contributed by atoms with E-state index in [9.17, 15) is 13.2 Å². The summed E-state index contributed by atoms with van der Waals surface area (Å²) in [4.78, 5) is 12.5. The molecule has 3 aliphatic heterocycles. The van der Waals surface area contributed by atoms with Gasteiger partial charge >= 0.3 is 0 Å². The molecule has 0 unspecified atom stereocenters. The highest BCUT2D eigenvalue weighted by Gasteiger charge is 2.45. The van der Waals surface area contributed by atoms with Crippen LogP contribution in [0.4, 0.5) is 5.69 Å². The number of ketones is 1. The van der Waals surface area contributed by atoms with E-state index >= 15 is 0 Å². The summed E-state index contributed by atoms with van der Waals surface area (Å²) >= 11 is 0. The molecule has 2 N–H and O–H groups in total. The van der Waals surface area contributed by atoms with E-state index in [1.807, 2.05) is 0 Å². The Balaban J connectivity index is 1.48. The van der Waals surface area contributed by atoms with Gasteiger partial charge in [0.25, 0.3) is 10.2 Å². The summed E-state index contributed by atoms with van der Waals surface area (Å²) < 4.78 is 39.9. The molecule has 0 atom stereocenters. The fourth-order valence-electron chi connectivity index (χ4n) is 3.86. The second-order valence-electron chi connectivity index (χ2n) is 7.06. The quantitative estimate of drug-likeness (QED) is 0.755. The van der Waals surface area contributed by atoms with Gasteiger partial charge in [-0.25, -0.2) is 0 Å². The van der Waals surface area contributed by atoms with E-state index in [1.54, 1.807) is 18.2 Å². The number of hydrogen-bond acceptors (Lipinski definition) is 6. The van der Waals surface area contributed by atoms with Gasteiger partial charge in [0.2, 0.25) is 0 Å². The fraction of sp³-hybridized carbons (Fsp3) is 0.588. The minimum absolute atomic E-state index is 0.00281. The number of carbonyl (C=O) groups excluding carboxylic acids is 1. The maximum Gasteiger partial charge on any atom is 0.282 e. The third-order valence-corrected chi connectivity index (χ3v) is 7.40. The van der Waals surface area contributed by atoms with Crippen LogP contribution < -0.4 is 10.5 Å². The van der Waals surface area contributed by atoms with Gasteiger partial charge in [-0.3, -0.25) is 4.79 Å². The number of anilines is 1. The highest BCUT2D eigenvalue weighted by Crippen LogP contribution is 2.40. The first kappa shape index (κ1) is 17.7. The minimum atomic E-state index is -3.49. The van der Waals surface area contributed by atoms with Crippen LogP contribution in [-0.4, -0.2) is 67.8 Å². The van der Waals surface area contributed by atoms with Crippen LogP contribution in [0.5, 0.6) is 5.75 Å². The SMILES string of the molecule is Nc1ccc2c(c1)C(=O)CC1(CCN(S(=O)(=O)N3CCOCC3)CC1)O2. The molecule has 1 aromatic rings. The Kier molecular flexibility index (Phi) is 4.42. The zero-order chi connectivity index (χ0) is 18.4. The van der Waals surface area contributed by atoms with Crippen LogP contribution in [0, 0.1) is 0 Å². The predicted octanol–water partition coefficient (Wildman–Crippen LogP) is 0.646. The molecule has 3 aliphatic rings. The van der Waals surface area contributed by atoms with E-state index in [2.05, 4.69) is 0 Å². The lowest BCUT2D eigenvalue weighted by atomic mass is 9.83. The first-order valence-electron chi connectivity index (χ1n) is 8.84. The van der Waals surface area contributed by atoms with E-state index < -0.39 is 15.8 Å². The highest BCUT2D eigenvalue weighted by molar-refractivity contribution is 7.86. The van der Waals surface area contributed by atoms with E-state index in [4.69, 9.17) is 15.2 Å². The number of rotatable bonds is 2. The molecule has 1 spiro atoms. The van der Waals surface area contributed by atoms with Crippen molar-refractivity contribution in [3.05, 3.63) is 23.8 Å². The number of morpholine rings is 1. The van der Waals surface area contributed by atoms with Gasteiger partial charge in [-0.05, 0) is 18.2 Å². The van der Waals surface area contributed by atoms with E-state index in [0.717, 1.165) is 0 Å². The van der Waals surface area contributed by atoms with Crippen molar-refractivity contribution < 1.29 is 22.7 Å². The van der Waals surface area contributed by atoms with E-state index in [-0.39, 0.29) is 12.2 Å². The van der Waals surface area contributed by atoms with Crippen molar-refractivity contribution in [3.8, 4) is 5.75 Å². The van der Waals surface area contributed by atoms with Gasteiger partial charge in [-0.2, -0.15) is 17.0 Å². The summed E-state index contributed by atoms with van der Waals surface area (Å²) in [5.74, 6) is 0.544. The number of Topliss-reactive ketones (excluding diaryl/α,β-unsaturated/α-hetero) is 1. The maximum atomic E-state index is 12.8. The Morgan fingerprint density at radius 3 is 2.38 bits per heavy atom. The minimum Gasteiger partial charge on any atom is -0.486 e. The first-order chi connectivity index (χ1) is 12.4. The number of fused-ring (bicyclic) bond motifs is 1. The van der Waals surface area contributed by atoms with Gasteiger partial charge in [0.1, 0.15) is 11.4 Å². The average molecular weight is 381 g/mol. The Morgan fingerprint density at radius 1 is 1.04 bits per heavy atom. The van der Waals surface area contributed by atoms with Crippen molar-refractivity contribution in [2.24, 2.45) is 0 Å². The monoisotopic (exact) mass is 381 g/mol. The lowest BCUT2D eigenvalue weighted by molar-refractivity contribution is 0.00393.